The molecule has 0 bridgehead atoms. The predicted molar refractivity (Wildman–Crippen MR) is 182 cm³/mol. The van der Waals surface area contributed by atoms with Crippen molar-refractivity contribution in [1.29, 1.82) is 0 Å². The van der Waals surface area contributed by atoms with Gasteiger partial charge >= 0.3 is 0 Å². The van der Waals surface area contributed by atoms with Crippen LogP contribution in [0.4, 0.5) is 0 Å². The van der Waals surface area contributed by atoms with E-state index in [-0.39, 0.29) is 0 Å². The van der Waals surface area contributed by atoms with Crippen molar-refractivity contribution in [3.63, 3.8) is 0 Å². The van der Waals surface area contributed by atoms with Gasteiger partial charge < -0.3 is 0 Å². The van der Waals surface area contributed by atoms with Crippen molar-refractivity contribution in [2.45, 2.75) is 0 Å². The van der Waals surface area contributed by atoms with Crippen LogP contribution >= 0.6 is 0 Å². The standard InChI is InChI=1S/C42H26/c1-3-12-27(13-4-1)31-20-11-21-35-38(31)24-30-25-40-39(26-37(30)41(35)29-15-5-2-6-16-29)34-19-10-9-18-33(34)36-23-22-28-14-7-8-17-32(28)42(36)40/h1-26H. The van der Waals surface area contributed by atoms with Crippen molar-refractivity contribution in [2.75, 3.05) is 0 Å². The minimum atomic E-state index is 1.24. The molecule has 0 N–H and O–H groups in total. The van der Waals surface area contributed by atoms with Gasteiger partial charge in [0.2, 0.25) is 0 Å². The molecule has 9 rings (SSSR count). The maximum atomic E-state index is 2.46. The van der Waals surface area contributed by atoms with Gasteiger partial charge in [-0.1, -0.05) is 140 Å². The minimum Gasteiger partial charge on any atom is -0.0622 e. The number of hydrogen-bond donors (Lipinski definition) is 0. The summed E-state index contributed by atoms with van der Waals surface area (Å²) in [7, 11) is 0. The summed E-state index contributed by atoms with van der Waals surface area (Å²) in [4.78, 5) is 0. The van der Waals surface area contributed by atoms with Crippen LogP contribution < -0.4 is 0 Å². The largest absolute Gasteiger partial charge is 0.0622 e. The van der Waals surface area contributed by atoms with Crippen LogP contribution in [0.5, 0.6) is 0 Å². The van der Waals surface area contributed by atoms with Gasteiger partial charge in [-0.25, -0.2) is 0 Å². The minimum absolute atomic E-state index is 1.24. The first-order chi connectivity index (χ1) is 20.8. The Bertz CT molecular complexity index is 2490. The second-order valence-electron chi connectivity index (χ2n) is 11.3. The molecule has 42 heavy (non-hydrogen) atoms. The van der Waals surface area contributed by atoms with E-state index >= 15 is 0 Å². The smallest absolute Gasteiger partial charge is 0.00201 e. The molecule has 0 spiro atoms. The van der Waals surface area contributed by atoms with Gasteiger partial charge in [-0.15, -0.1) is 0 Å². The van der Waals surface area contributed by atoms with E-state index in [4.69, 9.17) is 0 Å². The van der Waals surface area contributed by atoms with E-state index in [1.165, 1.54) is 86.9 Å². The molecule has 0 aliphatic carbocycles. The van der Waals surface area contributed by atoms with Gasteiger partial charge in [0.15, 0.2) is 0 Å². The number of rotatable bonds is 2. The first-order valence-electron chi connectivity index (χ1n) is 14.6. The fourth-order valence-electron chi connectivity index (χ4n) is 7.15. The van der Waals surface area contributed by atoms with Crippen LogP contribution in [-0.4, -0.2) is 0 Å². The molecule has 9 aromatic rings. The summed E-state index contributed by atoms with van der Waals surface area (Å²) in [5.41, 5.74) is 5.05. The molecule has 0 radical (unpaired) electrons. The molecule has 0 unspecified atom stereocenters. The second kappa shape index (κ2) is 9.03. The Morgan fingerprint density at radius 1 is 0.262 bits per heavy atom. The quantitative estimate of drug-likeness (QED) is 0.154. The highest BCUT2D eigenvalue weighted by Crippen LogP contribution is 2.45. The summed E-state index contributed by atoms with van der Waals surface area (Å²) in [6.45, 7) is 0. The summed E-state index contributed by atoms with van der Waals surface area (Å²) in [6.07, 6.45) is 0. The van der Waals surface area contributed by atoms with E-state index in [0.29, 0.717) is 0 Å². The third-order valence-corrected chi connectivity index (χ3v) is 8.99. The van der Waals surface area contributed by atoms with Crippen molar-refractivity contribution in [2.24, 2.45) is 0 Å². The molecule has 0 saturated heterocycles. The first kappa shape index (κ1) is 23.3. The van der Waals surface area contributed by atoms with E-state index < -0.39 is 0 Å². The third kappa shape index (κ3) is 3.36. The molecule has 0 heteroatoms. The Hall–Kier alpha value is -5.46. The second-order valence-corrected chi connectivity index (χ2v) is 11.3. The predicted octanol–water partition coefficient (Wildman–Crippen LogP) is 11.9. The molecular weight excluding hydrogens is 504 g/mol. The lowest BCUT2D eigenvalue weighted by molar-refractivity contribution is 1.65. The zero-order chi connectivity index (χ0) is 27.6. The molecule has 0 aromatic heterocycles. The van der Waals surface area contributed by atoms with Crippen molar-refractivity contribution in [3.8, 4) is 22.3 Å². The maximum Gasteiger partial charge on any atom is -0.00201 e. The topological polar surface area (TPSA) is 0 Å². The molecular formula is C42H26. The molecule has 0 aliphatic heterocycles. The van der Waals surface area contributed by atoms with Gasteiger partial charge in [0.05, 0.1) is 0 Å². The molecule has 0 amide bonds. The number of benzene rings is 9. The maximum absolute atomic E-state index is 2.46. The summed E-state index contributed by atoms with van der Waals surface area (Å²) < 4.78 is 0. The molecule has 0 fully saturated rings. The Balaban J connectivity index is 1.54. The third-order valence-electron chi connectivity index (χ3n) is 8.99. The zero-order valence-corrected chi connectivity index (χ0v) is 23.0. The zero-order valence-electron chi connectivity index (χ0n) is 23.0. The van der Waals surface area contributed by atoms with Gasteiger partial charge in [0, 0.05) is 0 Å². The van der Waals surface area contributed by atoms with E-state index in [9.17, 15) is 0 Å². The average Bonchev–Trinajstić information content (AvgIpc) is 3.06. The fraction of sp³-hybridized carbons (Fsp3) is 0. The van der Waals surface area contributed by atoms with Crippen LogP contribution in [0.3, 0.4) is 0 Å². The van der Waals surface area contributed by atoms with E-state index in [1.54, 1.807) is 0 Å². The Kier molecular flexibility index (Phi) is 5.00. The Labute approximate surface area is 244 Å². The number of hydrogen-bond acceptors (Lipinski definition) is 0. The summed E-state index contributed by atoms with van der Waals surface area (Å²) in [5, 5.41) is 15.6. The first-order valence-corrected chi connectivity index (χ1v) is 14.6. The van der Waals surface area contributed by atoms with Crippen LogP contribution in [0.1, 0.15) is 0 Å². The average molecular weight is 531 g/mol. The fourth-order valence-corrected chi connectivity index (χ4v) is 7.15. The van der Waals surface area contributed by atoms with Gasteiger partial charge in [0.25, 0.3) is 0 Å². The summed E-state index contributed by atoms with van der Waals surface area (Å²) in [6, 6.07) is 58.1. The Morgan fingerprint density at radius 2 is 0.881 bits per heavy atom. The van der Waals surface area contributed by atoms with E-state index in [0.717, 1.165) is 0 Å². The molecule has 194 valence electrons. The normalized spacial score (nSPS) is 11.8. The van der Waals surface area contributed by atoms with Crippen LogP contribution in [0.2, 0.25) is 0 Å². The SMILES string of the molecule is c1ccc(-c2cccc3c(-c4ccccc4)c4cc5c6ccccc6c6ccc7ccccc7c6c5cc4cc23)cc1. The van der Waals surface area contributed by atoms with Crippen LogP contribution in [-0.2, 0) is 0 Å². The molecule has 9 aromatic carbocycles. The molecule has 0 nitrogen and oxygen atoms in total. The van der Waals surface area contributed by atoms with Crippen molar-refractivity contribution in [3.05, 3.63) is 158 Å². The molecule has 0 aliphatic rings. The monoisotopic (exact) mass is 530 g/mol. The van der Waals surface area contributed by atoms with E-state index in [2.05, 4.69) is 158 Å². The van der Waals surface area contributed by atoms with Gasteiger partial charge in [-0.2, -0.15) is 0 Å². The molecule has 0 saturated carbocycles. The van der Waals surface area contributed by atoms with E-state index in [1.807, 2.05) is 0 Å². The van der Waals surface area contributed by atoms with Crippen molar-refractivity contribution in [1.82, 2.24) is 0 Å². The van der Waals surface area contributed by atoms with Crippen LogP contribution in [0, 0.1) is 0 Å². The van der Waals surface area contributed by atoms with Crippen LogP contribution in [0.15, 0.2) is 158 Å². The van der Waals surface area contributed by atoms with Gasteiger partial charge in [0.1, 0.15) is 0 Å². The lowest BCUT2D eigenvalue weighted by Crippen LogP contribution is -1.90. The molecule has 0 atom stereocenters. The highest BCUT2D eigenvalue weighted by Gasteiger charge is 2.17. The summed E-state index contributed by atoms with van der Waals surface area (Å²) in [5.74, 6) is 0. The highest BCUT2D eigenvalue weighted by molar-refractivity contribution is 6.33. The lowest BCUT2D eigenvalue weighted by Gasteiger charge is -2.18. The van der Waals surface area contributed by atoms with Crippen molar-refractivity contribution >= 4 is 64.6 Å². The van der Waals surface area contributed by atoms with Gasteiger partial charge in [-0.3, -0.25) is 0 Å². The van der Waals surface area contributed by atoms with Crippen molar-refractivity contribution < 1.29 is 0 Å². The lowest BCUT2D eigenvalue weighted by atomic mass is 9.85. The van der Waals surface area contributed by atoms with Crippen LogP contribution in [0.25, 0.3) is 86.9 Å². The summed E-state index contributed by atoms with van der Waals surface area (Å²) >= 11 is 0. The molecule has 0 heterocycles. The Morgan fingerprint density at radius 3 is 1.67 bits per heavy atom. The number of fused-ring (bicyclic) bond motifs is 10. The van der Waals surface area contributed by atoms with Gasteiger partial charge in [-0.05, 0) is 105 Å². The highest BCUT2D eigenvalue weighted by atomic mass is 14.2.